The van der Waals surface area contributed by atoms with Crippen LogP contribution in [0.25, 0.3) is 6.08 Å². The van der Waals surface area contributed by atoms with Crippen molar-refractivity contribution in [1.82, 2.24) is 5.32 Å². The normalized spacial score (nSPS) is 13.9. The van der Waals surface area contributed by atoms with E-state index in [1.807, 2.05) is 0 Å². The minimum Gasteiger partial charge on any atom is -0.493 e. The van der Waals surface area contributed by atoms with Crippen molar-refractivity contribution in [3.05, 3.63) is 126 Å². The zero-order valence-corrected chi connectivity index (χ0v) is 26.1. The first-order chi connectivity index (χ1) is 22.0. The second-order valence-electron chi connectivity index (χ2n) is 9.72. The number of nitrogens with zero attached hydrogens (tertiary/aromatic N) is 2. The molecule has 4 aromatic rings. The molecule has 0 aromatic heterocycles. The molecule has 1 heterocycles. The summed E-state index contributed by atoms with van der Waals surface area (Å²) in [7, 11) is 1.39. The molecule has 1 fully saturated rings. The van der Waals surface area contributed by atoms with Gasteiger partial charge in [0.1, 0.15) is 24.5 Å². The number of barbiturate groups is 1. The van der Waals surface area contributed by atoms with Crippen LogP contribution < -0.4 is 24.4 Å². The van der Waals surface area contributed by atoms with Crippen LogP contribution in [0.15, 0.2) is 84.4 Å². The number of hydrogen-bond donors (Lipinski definition) is 1. The monoisotopic (exact) mass is 681 g/mol. The smallest absolute Gasteiger partial charge is 0.335 e. The molecule has 234 valence electrons. The number of rotatable bonds is 10. The van der Waals surface area contributed by atoms with Gasteiger partial charge in [-0.1, -0.05) is 40.9 Å². The lowest BCUT2D eigenvalue weighted by molar-refractivity contribution is -0.384. The molecular weight excluding hydrogens is 661 g/mol. The Kier molecular flexibility index (Phi) is 9.76. The van der Waals surface area contributed by atoms with Gasteiger partial charge in [0.2, 0.25) is 0 Å². The van der Waals surface area contributed by atoms with Gasteiger partial charge in [0, 0.05) is 27.7 Å². The van der Waals surface area contributed by atoms with Gasteiger partial charge in [-0.3, -0.25) is 25.0 Å². The SMILES string of the molecule is COc1cc(/C=C2\C(=O)NC(=O)N(c3ccc(OCc4ccc(Cl)cc4Cl)cc3)C2=O)cc(Cl)c1OCc1ccc([N+](=O)[O-])cc1. The molecule has 1 aliphatic heterocycles. The van der Waals surface area contributed by atoms with Crippen LogP contribution in [-0.2, 0) is 22.8 Å². The third kappa shape index (κ3) is 7.23. The van der Waals surface area contributed by atoms with Crippen LogP contribution in [0.5, 0.6) is 17.2 Å². The molecule has 0 atom stereocenters. The third-order valence-corrected chi connectivity index (χ3v) is 7.57. The van der Waals surface area contributed by atoms with E-state index >= 15 is 0 Å². The molecule has 0 spiro atoms. The Morgan fingerprint density at radius 1 is 0.870 bits per heavy atom. The number of anilines is 1. The summed E-state index contributed by atoms with van der Waals surface area (Å²) in [6, 6.07) is 19.0. The molecule has 1 aliphatic rings. The number of benzene rings is 4. The Bertz CT molecular complexity index is 1880. The zero-order valence-electron chi connectivity index (χ0n) is 23.8. The summed E-state index contributed by atoms with van der Waals surface area (Å²) in [5.41, 5.74) is 1.50. The number of imide groups is 2. The number of methoxy groups -OCH3 is 1. The quantitative estimate of drug-likeness (QED) is 0.0791. The highest BCUT2D eigenvalue weighted by molar-refractivity contribution is 6.39. The van der Waals surface area contributed by atoms with Gasteiger partial charge in [0.25, 0.3) is 17.5 Å². The van der Waals surface area contributed by atoms with E-state index in [0.717, 1.165) is 10.5 Å². The second-order valence-corrected chi connectivity index (χ2v) is 11.0. The maximum atomic E-state index is 13.4. The Morgan fingerprint density at radius 2 is 1.59 bits per heavy atom. The highest BCUT2D eigenvalue weighted by Gasteiger charge is 2.37. The summed E-state index contributed by atoms with van der Waals surface area (Å²) >= 11 is 18.6. The van der Waals surface area contributed by atoms with Gasteiger partial charge in [0.05, 0.1) is 22.7 Å². The Morgan fingerprint density at radius 3 is 2.24 bits per heavy atom. The van der Waals surface area contributed by atoms with Crippen LogP contribution in [0.1, 0.15) is 16.7 Å². The fraction of sp³-hybridized carbons (Fsp3) is 0.0938. The number of non-ortho nitro benzene ring substituents is 1. The maximum absolute atomic E-state index is 13.4. The van der Waals surface area contributed by atoms with Gasteiger partial charge in [0.15, 0.2) is 11.5 Å². The average molecular weight is 683 g/mol. The predicted octanol–water partition coefficient (Wildman–Crippen LogP) is 7.39. The van der Waals surface area contributed by atoms with Gasteiger partial charge in [-0.15, -0.1) is 0 Å². The topological polar surface area (TPSA) is 137 Å². The molecular formula is C32H22Cl3N3O8. The number of carbonyl (C=O) groups is 3. The summed E-state index contributed by atoms with van der Waals surface area (Å²) in [4.78, 5) is 50.1. The number of nitro groups is 1. The van der Waals surface area contributed by atoms with Crippen molar-refractivity contribution in [3.8, 4) is 17.2 Å². The molecule has 0 saturated carbocycles. The number of ether oxygens (including phenoxy) is 3. The first-order valence-electron chi connectivity index (χ1n) is 13.4. The number of nitrogens with one attached hydrogen (secondary N) is 1. The minimum absolute atomic E-state index is 0.0329. The molecule has 11 nitrogen and oxygen atoms in total. The van der Waals surface area contributed by atoms with Gasteiger partial charge < -0.3 is 14.2 Å². The van der Waals surface area contributed by atoms with Gasteiger partial charge >= 0.3 is 6.03 Å². The second kappa shape index (κ2) is 13.9. The first-order valence-corrected chi connectivity index (χ1v) is 14.5. The molecule has 0 unspecified atom stereocenters. The number of hydrogen-bond acceptors (Lipinski definition) is 8. The predicted molar refractivity (Wildman–Crippen MR) is 172 cm³/mol. The summed E-state index contributed by atoms with van der Waals surface area (Å²) < 4.78 is 17.0. The molecule has 14 heteroatoms. The van der Waals surface area contributed by atoms with E-state index in [9.17, 15) is 24.5 Å². The van der Waals surface area contributed by atoms with Crippen LogP contribution in [0.3, 0.4) is 0 Å². The highest BCUT2D eigenvalue weighted by atomic mass is 35.5. The molecule has 1 saturated heterocycles. The number of urea groups is 1. The van der Waals surface area contributed by atoms with Crippen LogP contribution in [-0.4, -0.2) is 29.9 Å². The van der Waals surface area contributed by atoms with Crippen molar-refractivity contribution in [2.24, 2.45) is 0 Å². The third-order valence-electron chi connectivity index (χ3n) is 6.70. The minimum atomic E-state index is -0.917. The van der Waals surface area contributed by atoms with Crippen LogP contribution in [0.2, 0.25) is 15.1 Å². The molecule has 46 heavy (non-hydrogen) atoms. The number of amides is 4. The van der Waals surface area contributed by atoms with E-state index < -0.39 is 22.8 Å². The summed E-state index contributed by atoms with van der Waals surface area (Å²) in [6.45, 7) is 0.192. The molecule has 0 radical (unpaired) electrons. The van der Waals surface area contributed by atoms with Gasteiger partial charge in [-0.25, -0.2) is 9.69 Å². The van der Waals surface area contributed by atoms with Crippen LogP contribution in [0, 0.1) is 10.1 Å². The van der Waals surface area contributed by atoms with Crippen molar-refractivity contribution in [2.75, 3.05) is 12.0 Å². The first kappa shape index (κ1) is 32.3. The molecule has 5 rings (SSSR count). The van der Waals surface area contributed by atoms with E-state index in [1.54, 1.807) is 42.5 Å². The fourth-order valence-corrected chi connectivity index (χ4v) is 5.12. The van der Waals surface area contributed by atoms with Crippen molar-refractivity contribution < 1.29 is 33.5 Å². The molecule has 0 bridgehead atoms. The van der Waals surface area contributed by atoms with Crippen LogP contribution in [0.4, 0.5) is 16.2 Å². The van der Waals surface area contributed by atoms with E-state index in [4.69, 9.17) is 49.0 Å². The summed E-state index contributed by atoms with van der Waals surface area (Å²) in [6.07, 6.45) is 1.28. The van der Waals surface area contributed by atoms with E-state index in [0.29, 0.717) is 26.9 Å². The average Bonchev–Trinajstić information content (AvgIpc) is 3.02. The lowest BCUT2D eigenvalue weighted by atomic mass is 10.1. The molecule has 0 aliphatic carbocycles. The molecule has 1 N–H and O–H groups in total. The molecule has 4 aromatic carbocycles. The van der Waals surface area contributed by atoms with Crippen molar-refractivity contribution in [1.29, 1.82) is 0 Å². The van der Waals surface area contributed by atoms with E-state index in [1.165, 1.54) is 49.6 Å². The molecule has 4 amide bonds. The van der Waals surface area contributed by atoms with Gasteiger partial charge in [-0.2, -0.15) is 0 Å². The Labute approximate surface area is 277 Å². The Hall–Kier alpha value is -5.10. The van der Waals surface area contributed by atoms with E-state index in [-0.39, 0.29) is 46.7 Å². The highest BCUT2D eigenvalue weighted by Crippen LogP contribution is 2.38. The van der Waals surface area contributed by atoms with Crippen molar-refractivity contribution in [2.45, 2.75) is 13.2 Å². The number of carbonyl (C=O) groups excluding carboxylic acids is 3. The zero-order chi connectivity index (χ0) is 33.0. The van der Waals surface area contributed by atoms with E-state index in [2.05, 4.69) is 5.32 Å². The lowest BCUT2D eigenvalue weighted by Crippen LogP contribution is -2.54. The maximum Gasteiger partial charge on any atom is 0.335 e. The summed E-state index contributed by atoms with van der Waals surface area (Å²) in [5, 5.41) is 14.1. The van der Waals surface area contributed by atoms with Crippen LogP contribution >= 0.6 is 34.8 Å². The number of halogens is 3. The summed E-state index contributed by atoms with van der Waals surface area (Å²) in [5.74, 6) is -0.914. The van der Waals surface area contributed by atoms with Gasteiger partial charge in [-0.05, 0) is 77.9 Å². The standard InChI is InChI=1S/C32H22Cl3N3O8/c1-44-28-14-19(13-27(35)29(28)46-16-18-2-6-23(7-3-18)38(42)43)12-25-30(39)36-32(41)37(31(25)40)22-8-10-24(11-9-22)45-17-20-4-5-21(33)15-26(20)34/h2-15H,16-17H2,1H3,(H,36,39,41)/b25-12+. The van der Waals surface area contributed by atoms with Crippen molar-refractivity contribution in [3.63, 3.8) is 0 Å². The fourth-order valence-electron chi connectivity index (χ4n) is 4.38. The van der Waals surface area contributed by atoms with Crippen molar-refractivity contribution >= 4 is 70.1 Å². The Balaban J connectivity index is 1.32. The largest absolute Gasteiger partial charge is 0.493 e. The lowest BCUT2D eigenvalue weighted by Gasteiger charge is -2.26. The number of nitro benzene ring substituents is 1.